The molecule has 0 fully saturated rings. The van der Waals surface area contributed by atoms with E-state index in [-0.39, 0.29) is 5.91 Å². The van der Waals surface area contributed by atoms with Crippen molar-refractivity contribution in [3.8, 4) is 0 Å². The smallest absolute Gasteiger partial charge is 0.248 e. The van der Waals surface area contributed by atoms with E-state index in [1.165, 1.54) is 11.8 Å². The number of thioether (sulfide) groups is 1. The van der Waals surface area contributed by atoms with E-state index in [0.717, 1.165) is 37.3 Å². The van der Waals surface area contributed by atoms with Gasteiger partial charge in [0.1, 0.15) is 0 Å². The Morgan fingerprint density at radius 1 is 1.00 bits per heavy atom. The molecule has 0 aliphatic carbocycles. The third-order valence-corrected chi connectivity index (χ3v) is 5.83. The van der Waals surface area contributed by atoms with Crippen molar-refractivity contribution in [3.05, 3.63) is 57.1 Å². The molecule has 0 unspecified atom stereocenters. The Morgan fingerprint density at radius 3 is 2.31 bits per heavy atom. The zero-order valence-corrected chi connectivity index (χ0v) is 18.4. The first-order valence-electron chi connectivity index (χ1n) is 8.08. The summed E-state index contributed by atoms with van der Waals surface area (Å²) in [6.07, 6.45) is 0. The normalized spacial score (nSPS) is 10.3. The first-order chi connectivity index (χ1) is 12.2. The number of hydrogen-bond donors (Lipinski definition) is 3. The van der Waals surface area contributed by atoms with Gasteiger partial charge < -0.3 is 5.32 Å². The van der Waals surface area contributed by atoms with E-state index in [0.29, 0.717) is 10.9 Å². The van der Waals surface area contributed by atoms with Gasteiger partial charge in [0, 0.05) is 15.1 Å². The minimum Gasteiger partial charge on any atom is -0.331 e. The van der Waals surface area contributed by atoms with Crippen LogP contribution < -0.4 is 16.2 Å². The Bertz CT molecular complexity index is 820. The van der Waals surface area contributed by atoms with E-state index in [2.05, 4.69) is 50.3 Å². The van der Waals surface area contributed by atoms with Gasteiger partial charge in [-0.1, -0.05) is 22.0 Å². The molecule has 7 heteroatoms. The summed E-state index contributed by atoms with van der Waals surface area (Å²) in [5, 5.41) is 3.42. The molecule has 2 aromatic rings. The number of nitrogens with one attached hydrogen (secondary N) is 3. The maximum atomic E-state index is 12.1. The lowest BCUT2D eigenvalue weighted by Gasteiger charge is -2.13. The molecule has 0 radical (unpaired) electrons. The molecule has 0 spiro atoms. The van der Waals surface area contributed by atoms with Crippen molar-refractivity contribution in [2.75, 3.05) is 11.1 Å². The standard InChI is InChI=1S/C19H22BrN3OS2/c1-11-5-12(2)7-15(6-11)21-19(25)23-22-18(24)10-26-17-9-13(3)16(20)8-14(17)4/h5-9H,10H2,1-4H3,(H,22,24)(H2,21,23,25). The molecule has 4 nitrogen and oxygen atoms in total. The summed E-state index contributed by atoms with van der Waals surface area (Å²) >= 11 is 10.2. The van der Waals surface area contributed by atoms with Crippen LogP contribution in [0.5, 0.6) is 0 Å². The van der Waals surface area contributed by atoms with Crippen LogP contribution in [0.25, 0.3) is 0 Å². The van der Waals surface area contributed by atoms with E-state index in [1.807, 2.05) is 39.8 Å². The highest BCUT2D eigenvalue weighted by Gasteiger charge is 2.08. The minimum absolute atomic E-state index is 0.139. The number of hydrazine groups is 1. The molecule has 2 aromatic carbocycles. The van der Waals surface area contributed by atoms with Crippen LogP contribution in [-0.4, -0.2) is 16.8 Å². The second-order valence-electron chi connectivity index (χ2n) is 6.16. The third kappa shape index (κ3) is 6.30. The Balaban J connectivity index is 1.81. The number of anilines is 1. The van der Waals surface area contributed by atoms with E-state index in [4.69, 9.17) is 12.2 Å². The number of hydrogen-bond acceptors (Lipinski definition) is 3. The summed E-state index contributed by atoms with van der Waals surface area (Å²) in [7, 11) is 0. The summed E-state index contributed by atoms with van der Waals surface area (Å²) in [4.78, 5) is 13.1. The molecule has 0 aromatic heterocycles. The number of benzene rings is 2. The largest absolute Gasteiger partial charge is 0.331 e. The highest BCUT2D eigenvalue weighted by molar-refractivity contribution is 9.10. The molecule has 0 aliphatic heterocycles. The summed E-state index contributed by atoms with van der Waals surface area (Å²) in [5.41, 5.74) is 10.8. The molecule has 2 rings (SSSR count). The van der Waals surface area contributed by atoms with Gasteiger partial charge in [-0.3, -0.25) is 15.6 Å². The second-order valence-corrected chi connectivity index (χ2v) is 8.44. The van der Waals surface area contributed by atoms with Gasteiger partial charge >= 0.3 is 0 Å². The number of amides is 1. The number of thiocarbonyl (C=S) groups is 1. The van der Waals surface area contributed by atoms with Crippen molar-refractivity contribution in [3.63, 3.8) is 0 Å². The zero-order valence-electron chi connectivity index (χ0n) is 15.2. The molecule has 0 saturated carbocycles. The quantitative estimate of drug-likeness (QED) is 0.354. The van der Waals surface area contributed by atoms with Crippen LogP contribution in [0.15, 0.2) is 39.7 Å². The fraction of sp³-hybridized carbons (Fsp3) is 0.263. The van der Waals surface area contributed by atoms with Crippen LogP contribution in [-0.2, 0) is 4.79 Å². The number of aryl methyl sites for hydroxylation is 4. The van der Waals surface area contributed by atoms with Crippen molar-refractivity contribution in [1.82, 2.24) is 10.9 Å². The Hall–Kier alpha value is -1.57. The van der Waals surface area contributed by atoms with Crippen molar-refractivity contribution in [2.45, 2.75) is 32.6 Å². The highest BCUT2D eigenvalue weighted by atomic mass is 79.9. The van der Waals surface area contributed by atoms with Crippen LogP contribution in [0.3, 0.4) is 0 Å². The average molecular weight is 452 g/mol. The Morgan fingerprint density at radius 2 is 1.65 bits per heavy atom. The monoisotopic (exact) mass is 451 g/mol. The molecule has 0 aliphatic rings. The summed E-state index contributed by atoms with van der Waals surface area (Å²) in [6.45, 7) is 8.12. The minimum atomic E-state index is -0.139. The average Bonchev–Trinajstić information content (AvgIpc) is 2.54. The molecule has 0 atom stereocenters. The summed E-state index contributed by atoms with van der Waals surface area (Å²) in [6, 6.07) is 10.2. The summed E-state index contributed by atoms with van der Waals surface area (Å²) in [5.74, 6) is 0.167. The van der Waals surface area contributed by atoms with Gasteiger partial charge in [-0.2, -0.15) is 0 Å². The lowest BCUT2D eigenvalue weighted by Crippen LogP contribution is -2.44. The number of rotatable bonds is 4. The predicted octanol–water partition coefficient (Wildman–Crippen LogP) is 4.79. The SMILES string of the molecule is Cc1cc(C)cc(NC(=S)NNC(=O)CSc2cc(C)c(Br)cc2C)c1. The van der Waals surface area contributed by atoms with Crippen molar-refractivity contribution in [1.29, 1.82) is 0 Å². The Labute approximate surface area is 172 Å². The van der Waals surface area contributed by atoms with E-state index in [9.17, 15) is 4.79 Å². The maximum absolute atomic E-state index is 12.1. The lowest BCUT2D eigenvalue weighted by atomic mass is 10.1. The van der Waals surface area contributed by atoms with E-state index in [1.54, 1.807) is 0 Å². The van der Waals surface area contributed by atoms with Crippen molar-refractivity contribution in [2.24, 2.45) is 0 Å². The fourth-order valence-electron chi connectivity index (χ4n) is 2.43. The van der Waals surface area contributed by atoms with Crippen molar-refractivity contribution < 1.29 is 4.79 Å². The number of halogens is 1. The number of carbonyl (C=O) groups is 1. The van der Waals surface area contributed by atoms with E-state index >= 15 is 0 Å². The van der Waals surface area contributed by atoms with Gasteiger partial charge in [-0.25, -0.2) is 0 Å². The van der Waals surface area contributed by atoms with Crippen LogP contribution in [0.4, 0.5) is 5.69 Å². The summed E-state index contributed by atoms with van der Waals surface area (Å²) < 4.78 is 1.08. The van der Waals surface area contributed by atoms with Gasteiger partial charge in [0.05, 0.1) is 5.75 Å². The van der Waals surface area contributed by atoms with Crippen LogP contribution in [0, 0.1) is 27.7 Å². The van der Waals surface area contributed by atoms with Gasteiger partial charge in [-0.05, 0) is 86.4 Å². The molecular weight excluding hydrogens is 430 g/mol. The van der Waals surface area contributed by atoms with Gasteiger partial charge in [0.15, 0.2) is 5.11 Å². The second kappa shape index (κ2) is 9.39. The molecule has 1 amide bonds. The van der Waals surface area contributed by atoms with Crippen LogP contribution in [0.1, 0.15) is 22.3 Å². The maximum Gasteiger partial charge on any atom is 0.248 e. The molecular formula is C19H22BrN3OS2. The molecule has 138 valence electrons. The predicted molar refractivity (Wildman–Crippen MR) is 118 cm³/mol. The van der Waals surface area contributed by atoms with E-state index < -0.39 is 0 Å². The zero-order chi connectivity index (χ0) is 19.3. The molecule has 0 saturated heterocycles. The highest BCUT2D eigenvalue weighted by Crippen LogP contribution is 2.28. The van der Waals surface area contributed by atoms with Crippen molar-refractivity contribution >= 4 is 56.6 Å². The first-order valence-corrected chi connectivity index (χ1v) is 10.3. The fourth-order valence-corrected chi connectivity index (χ4v) is 3.96. The van der Waals surface area contributed by atoms with Gasteiger partial charge in [0.2, 0.25) is 5.91 Å². The molecule has 3 N–H and O–H groups in total. The third-order valence-electron chi connectivity index (χ3n) is 3.61. The molecule has 0 heterocycles. The topological polar surface area (TPSA) is 53.2 Å². The first kappa shape index (κ1) is 20.7. The van der Waals surface area contributed by atoms with Gasteiger partial charge in [-0.15, -0.1) is 11.8 Å². The van der Waals surface area contributed by atoms with Crippen LogP contribution >= 0.6 is 39.9 Å². The van der Waals surface area contributed by atoms with Crippen LogP contribution in [0.2, 0.25) is 0 Å². The molecule has 26 heavy (non-hydrogen) atoms. The number of carbonyl (C=O) groups excluding carboxylic acids is 1. The van der Waals surface area contributed by atoms with Gasteiger partial charge in [0.25, 0.3) is 0 Å². The molecule has 0 bridgehead atoms. The lowest BCUT2D eigenvalue weighted by molar-refractivity contribution is -0.119. The Kier molecular flexibility index (Phi) is 7.49.